The Bertz CT molecular complexity index is 970. The summed E-state index contributed by atoms with van der Waals surface area (Å²) >= 11 is 7.50. The number of carbonyl (C=O) groups excluding carboxylic acids is 1. The minimum absolute atomic E-state index is 0.0555. The summed E-state index contributed by atoms with van der Waals surface area (Å²) in [5.74, 6) is -0.0555. The maximum Gasteiger partial charge on any atom is 0.196 e. The molecular formula is C24H27ClN2OS. The second-order valence-corrected chi connectivity index (χ2v) is 9.20. The van der Waals surface area contributed by atoms with Gasteiger partial charge in [-0.15, -0.1) is 11.3 Å². The first-order valence-corrected chi connectivity index (χ1v) is 11.0. The van der Waals surface area contributed by atoms with Crippen molar-refractivity contribution in [1.82, 2.24) is 4.90 Å². The van der Waals surface area contributed by atoms with Gasteiger partial charge in [-0.1, -0.05) is 41.9 Å². The number of benzene rings is 2. The molecule has 3 aromatic rings. The first-order chi connectivity index (χ1) is 13.8. The normalized spacial score (nSPS) is 11.6. The van der Waals surface area contributed by atoms with Gasteiger partial charge in [-0.2, -0.15) is 0 Å². The summed E-state index contributed by atoms with van der Waals surface area (Å²) in [6.07, 6.45) is 0. The number of carbonyl (C=O) groups is 1. The van der Waals surface area contributed by atoms with E-state index in [-0.39, 0.29) is 5.78 Å². The van der Waals surface area contributed by atoms with Gasteiger partial charge in [-0.25, -0.2) is 0 Å². The standard InChI is InChI=1S/C24H27ClN2OS/c1-15(2)27(16(3)4)14-20-21(22(28)17-10-12-19(25)13-11-17)24(26)29-23(20)18-8-6-5-7-9-18/h5-13,15-16H,14,26H2,1-4H3. The summed E-state index contributed by atoms with van der Waals surface area (Å²) in [5, 5.41) is 1.17. The van der Waals surface area contributed by atoms with Crippen LogP contribution in [0.1, 0.15) is 49.2 Å². The van der Waals surface area contributed by atoms with Crippen LogP contribution in [0.15, 0.2) is 54.6 Å². The van der Waals surface area contributed by atoms with Crippen LogP contribution in [0.3, 0.4) is 0 Å². The lowest BCUT2D eigenvalue weighted by Crippen LogP contribution is -2.36. The van der Waals surface area contributed by atoms with Crippen molar-refractivity contribution in [3.8, 4) is 10.4 Å². The molecule has 0 fully saturated rings. The highest BCUT2D eigenvalue weighted by atomic mass is 35.5. The molecular weight excluding hydrogens is 400 g/mol. The molecule has 0 saturated carbocycles. The molecule has 0 aliphatic heterocycles. The second-order valence-electron chi connectivity index (χ2n) is 7.71. The molecule has 0 saturated heterocycles. The maximum atomic E-state index is 13.4. The highest BCUT2D eigenvalue weighted by Gasteiger charge is 2.27. The molecule has 1 heterocycles. The summed E-state index contributed by atoms with van der Waals surface area (Å²) in [7, 11) is 0. The third kappa shape index (κ3) is 4.72. The van der Waals surface area contributed by atoms with Gasteiger partial charge in [0.1, 0.15) is 0 Å². The van der Waals surface area contributed by atoms with Crippen molar-refractivity contribution >= 4 is 33.7 Å². The number of nitrogens with zero attached hydrogens (tertiary/aromatic N) is 1. The van der Waals surface area contributed by atoms with Crippen molar-refractivity contribution in [3.63, 3.8) is 0 Å². The molecule has 0 amide bonds. The van der Waals surface area contributed by atoms with Crippen molar-refractivity contribution in [1.29, 1.82) is 0 Å². The number of hydrogen-bond acceptors (Lipinski definition) is 4. The molecule has 3 rings (SSSR count). The van der Waals surface area contributed by atoms with Crippen molar-refractivity contribution in [3.05, 3.63) is 76.3 Å². The van der Waals surface area contributed by atoms with Gasteiger partial charge in [0.25, 0.3) is 0 Å². The van der Waals surface area contributed by atoms with Crippen LogP contribution < -0.4 is 5.73 Å². The van der Waals surface area contributed by atoms with E-state index in [1.54, 1.807) is 24.3 Å². The average Bonchev–Trinajstić information content (AvgIpc) is 3.02. The Balaban J connectivity index is 2.15. The number of halogens is 1. The van der Waals surface area contributed by atoms with Crippen molar-refractivity contribution in [2.24, 2.45) is 0 Å². The molecule has 0 spiro atoms. The number of hydrogen-bond donors (Lipinski definition) is 1. The summed E-state index contributed by atoms with van der Waals surface area (Å²) < 4.78 is 0. The summed E-state index contributed by atoms with van der Waals surface area (Å²) in [6.45, 7) is 9.39. The van der Waals surface area contributed by atoms with Crippen LogP contribution in [0.5, 0.6) is 0 Å². The van der Waals surface area contributed by atoms with Crippen LogP contribution >= 0.6 is 22.9 Å². The minimum atomic E-state index is -0.0555. The number of rotatable bonds is 7. The number of nitrogens with two attached hydrogens (primary N) is 1. The predicted octanol–water partition coefficient (Wildman–Crippen LogP) is 6.50. The highest BCUT2D eigenvalue weighted by molar-refractivity contribution is 7.20. The molecule has 0 atom stereocenters. The number of ketones is 1. The molecule has 3 nitrogen and oxygen atoms in total. The maximum absolute atomic E-state index is 13.4. The fourth-order valence-electron chi connectivity index (χ4n) is 3.60. The summed E-state index contributed by atoms with van der Waals surface area (Å²) in [5.41, 5.74) is 9.73. The first kappa shape index (κ1) is 21.6. The Morgan fingerprint density at radius 2 is 1.59 bits per heavy atom. The molecule has 0 aliphatic carbocycles. The van der Waals surface area contributed by atoms with E-state index >= 15 is 0 Å². The third-order valence-electron chi connectivity index (χ3n) is 5.07. The van der Waals surface area contributed by atoms with Crippen LogP contribution in [-0.4, -0.2) is 22.8 Å². The van der Waals surface area contributed by atoms with E-state index in [1.165, 1.54) is 11.3 Å². The van der Waals surface area contributed by atoms with Crippen LogP contribution in [0, 0.1) is 0 Å². The fraction of sp³-hybridized carbons (Fsp3) is 0.292. The van der Waals surface area contributed by atoms with Gasteiger partial charge in [-0.05, 0) is 63.1 Å². The molecule has 29 heavy (non-hydrogen) atoms. The van der Waals surface area contributed by atoms with E-state index in [1.807, 2.05) is 18.2 Å². The zero-order valence-electron chi connectivity index (χ0n) is 17.3. The highest BCUT2D eigenvalue weighted by Crippen LogP contribution is 2.41. The lowest BCUT2D eigenvalue weighted by Gasteiger charge is -2.31. The first-order valence-electron chi connectivity index (χ1n) is 9.82. The fourth-order valence-corrected chi connectivity index (χ4v) is 4.80. The molecule has 0 unspecified atom stereocenters. The lowest BCUT2D eigenvalue weighted by atomic mass is 9.97. The topological polar surface area (TPSA) is 46.3 Å². The van der Waals surface area contributed by atoms with Crippen LogP contribution in [0.25, 0.3) is 10.4 Å². The lowest BCUT2D eigenvalue weighted by molar-refractivity contribution is 0.103. The largest absolute Gasteiger partial charge is 0.390 e. The van der Waals surface area contributed by atoms with Gasteiger partial charge < -0.3 is 5.73 Å². The zero-order chi connectivity index (χ0) is 21.1. The molecule has 0 radical (unpaired) electrons. The predicted molar refractivity (Wildman–Crippen MR) is 125 cm³/mol. The van der Waals surface area contributed by atoms with Gasteiger partial charge in [-0.3, -0.25) is 9.69 Å². The van der Waals surface area contributed by atoms with E-state index in [4.69, 9.17) is 17.3 Å². The number of nitrogen functional groups attached to an aromatic ring is 1. The van der Waals surface area contributed by atoms with Gasteiger partial charge in [0, 0.05) is 34.1 Å². The molecule has 2 aromatic carbocycles. The second kappa shape index (κ2) is 9.12. The summed E-state index contributed by atoms with van der Waals surface area (Å²) in [4.78, 5) is 16.9. The van der Waals surface area contributed by atoms with Gasteiger partial charge in [0.05, 0.1) is 10.6 Å². The SMILES string of the molecule is CC(C)N(Cc1c(-c2ccccc2)sc(N)c1C(=O)c1ccc(Cl)cc1)C(C)C. The zero-order valence-corrected chi connectivity index (χ0v) is 18.8. The van der Waals surface area contributed by atoms with E-state index in [0.29, 0.717) is 39.8 Å². The summed E-state index contributed by atoms with van der Waals surface area (Å²) in [6, 6.07) is 17.9. The van der Waals surface area contributed by atoms with E-state index in [0.717, 1.165) is 16.0 Å². The van der Waals surface area contributed by atoms with E-state index in [2.05, 4.69) is 44.7 Å². The van der Waals surface area contributed by atoms with E-state index < -0.39 is 0 Å². The minimum Gasteiger partial charge on any atom is -0.390 e. The van der Waals surface area contributed by atoms with Crippen LogP contribution in [0.2, 0.25) is 5.02 Å². The molecule has 5 heteroatoms. The quantitative estimate of drug-likeness (QED) is 0.438. The van der Waals surface area contributed by atoms with Crippen LogP contribution in [-0.2, 0) is 6.54 Å². The van der Waals surface area contributed by atoms with Gasteiger partial charge in [0.2, 0.25) is 0 Å². The molecule has 0 aliphatic rings. The molecule has 0 bridgehead atoms. The van der Waals surface area contributed by atoms with Gasteiger partial charge in [0.15, 0.2) is 5.78 Å². The molecule has 152 valence electrons. The Morgan fingerprint density at radius 1 is 1.00 bits per heavy atom. The van der Waals surface area contributed by atoms with Crippen molar-refractivity contribution in [2.75, 3.05) is 5.73 Å². The third-order valence-corrected chi connectivity index (χ3v) is 6.43. The van der Waals surface area contributed by atoms with Crippen molar-refractivity contribution < 1.29 is 4.79 Å². The van der Waals surface area contributed by atoms with Crippen LogP contribution in [0.4, 0.5) is 5.00 Å². The van der Waals surface area contributed by atoms with Gasteiger partial charge >= 0.3 is 0 Å². The number of thiophene rings is 1. The molecule has 2 N–H and O–H groups in total. The Morgan fingerprint density at radius 3 is 2.14 bits per heavy atom. The smallest absolute Gasteiger partial charge is 0.196 e. The number of anilines is 1. The average molecular weight is 427 g/mol. The van der Waals surface area contributed by atoms with E-state index in [9.17, 15) is 4.79 Å². The Hall–Kier alpha value is -2.14. The molecule has 1 aromatic heterocycles. The monoisotopic (exact) mass is 426 g/mol. The Labute approximate surface area is 182 Å². The Kier molecular flexibility index (Phi) is 6.78. The van der Waals surface area contributed by atoms with Crippen molar-refractivity contribution in [2.45, 2.75) is 46.3 Å².